The van der Waals surface area contributed by atoms with Crippen LogP contribution in [0.2, 0.25) is 0 Å². The first kappa shape index (κ1) is 17.2. The van der Waals surface area contributed by atoms with Crippen molar-refractivity contribution >= 4 is 45.5 Å². The summed E-state index contributed by atoms with van der Waals surface area (Å²) in [6.07, 6.45) is 4.23. The smallest absolute Gasteiger partial charge is 0.407 e. The molecule has 2 atom stereocenters. The molecule has 1 aliphatic heterocycles. The van der Waals surface area contributed by atoms with Gasteiger partial charge >= 0.3 is 6.09 Å². The molecule has 2 unspecified atom stereocenters. The van der Waals surface area contributed by atoms with E-state index in [2.05, 4.69) is 64.1 Å². The van der Waals surface area contributed by atoms with Gasteiger partial charge in [0.15, 0.2) is 0 Å². The van der Waals surface area contributed by atoms with Gasteiger partial charge in [0.05, 0.1) is 5.39 Å². The molecule has 3 rings (SSSR count). The number of hydrogen-bond acceptors (Lipinski definition) is 4. The number of nitrogen functional groups attached to an aromatic ring is 1. The number of carbonyl (C=O) groups is 1. The van der Waals surface area contributed by atoms with Gasteiger partial charge in [0.2, 0.25) is 0 Å². The molecule has 2 aromatic heterocycles. The number of piperidine rings is 1. The van der Waals surface area contributed by atoms with E-state index in [9.17, 15) is 9.90 Å². The summed E-state index contributed by atoms with van der Waals surface area (Å²) in [5.41, 5.74) is 6.71. The molecule has 8 heteroatoms. The van der Waals surface area contributed by atoms with Gasteiger partial charge in [-0.2, -0.15) is 0 Å². The number of aromatic nitrogens is 3. The Kier molecular flexibility index (Phi) is 4.35. The normalized spacial score (nSPS) is 22.1. The highest BCUT2D eigenvalue weighted by Crippen LogP contribution is 2.39. The summed E-state index contributed by atoms with van der Waals surface area (Å²) >= 11 is 2.25. The van der Waals surface area contributed by atoms with Crippen LogP contribution in [0, 0.1) is 8.99 Å². The van der Waals surface area contributed by atoms with Crippen LogP contribution in [0.4, 0.5) is 10.6 Å². The standard InChI is InChI=1S/C16H22IN5O2/c1-16(2,3)11-6-9(4-5-21(11)15(23)24)22-7-10(17)12-13(18)19-8-20-14(12)22/h7-9,11H,4-6H2,1-3H3,(H,23,24)(H2,18,19,20). The zero-order valence-corrected chi connectivity index (χ0v) is 16.2. The first-order chi connectivity index (χ1) is 11.2. The zero-order valence-electron chi connectivity index (χ0n) is 14.0. The molecule has 1 aliphatic rings. The second kappa shape index (κ2) is 6.05. The van der Waals surface area contributed by atoms with E-state index in [4.69, 9.17) is 5.73 Å². The molecule has 130 valence electrons. The minimum atomic E-state index is -0.841. The predicted octanol–water partition coefficient (Wildman–Crippen LogP) is 3.35. The molecule has 1 fully saturated rings. The Hall–Kier alpha value is -1.58. The second-order valence-electron chi connectivity index (χ2n) is 7.38. The van der Waals surface area contributed by atoms with E-state index in [1.54, 1.807) is 4.90 Å². The molecular weight excluding hydrogens is 421 g/mol. The fourth-order valence-corrected chi connectivity index (χ4v) is 4.41. The molecule has 24 heavy (non-hydrogen) atoms. The van der Waals surface area contributed by atoms with Gasteiger partial charge in [-0.3, -0.25) is 0 Å². The monoisotopic (exact) mass is 443 g/mol. The maximum absolute atomic E-state index is 11.6. The van der Waals surface area contributed by atoms with Gasteiger partial charge in [0, 0.05) is 28.4 Å². The van der Waals surface area contributed by atoms with Crippen molar-refractivity contribution in [3.63, 3.8) is 0 Å². The van der Waals surface area contributed by atoms with Crippen molar-refractivity contribution in [3.8, 4) is 0 Å². The average molecular weight is 443 g/mol. The van der Waals surface area contributed by atoms with Crippen molar-refractivity contribution in [1.29, 1.82) is 0 Å². The number of hydrogen-bond donors (Lipinski definition) is 2. The summed E-state index contributed by atoms with van der Waals surface area (Å²) in [6, 6.07) is 0.160. The molecule has 0 saturated carbocycles. The van der Waals surface area contributed by atoms with Crippen molar-refractivity contribution in [2.45, 2.75) is 45.7 Å². The van der Waals surface area contributed by atoms with Gasteiger partial charge in [-0.25, -0.2) is 14.8 Å². The molecular formula is C16H22IN5O2. The van der Waals surface area contributed by atoms with Gasteiger partial charge < -0.3 is 20.3 Å². The highest BCUT2D eigenvalue weighted by atomic mass is 127. The Balaban J connectivity index is 2.00. The van der Waals surface area contributed by atoms with Crippen LogP contribution in [0.25, 0.3) is 11.0 Å². The summed E-state index contributed by atoms with van der Waals surface area (Å²) in [7, 11) is 0. The van der Waals surface area contributed by atoms with Crippen molar-refractivity contribution in [3.05, 3.63) is 16.1 Å². The minimum absolute atomic E-state index is 0.0388. The second-order valence-corrected chi connectivity index (χ2v) is 8.54. The van der Waals surface area contributed by atoms with Crippen molar-refractivity contribution in [1.82, 2.24) is 19.4 Å². The lowest BCUT2D eigenvalue weighted by Crippen LogP contribution is -2.51. The fourth-order valence-electron chi connectivity index (χ4n) is 3.59. The van der Waals surface area contributed by atoms with Crippen LogP contribution in [0.5, 0.6) is 0 Å². The number of amides is 1. The number of nitrogens with zero attached hydrogens (tertiary/aromatic N) is 4. The van der Waals surface area contributed by atoms with E-state index in [1.807, 2.05) is 0 Å². The van der Waals surface area contributed by atoms with Crippen LogP contribution in [0.1, 0.15) is 39.7 Å². The molecule has 0 radical (unpaired) electrons. The van der Waals surface area contributed by atoms with Crippen molar-refractivity contribution in [2.24, 2.45) is 5.41 Å². The van der Waals surface area contributed by atoms with Crippen LogP contribution in [0.15, 0.2) is 12.5 Å². The van der Waals surface area contributed by atoms with Crippen LogP contribution in [0.3, 0.4) is 0 Å². The fraction of sp³-hybridized carbons (Fsp3) is 0.562. The van der Waals surface area contributed by atoms with Crippen LogP contribution >= 0.6 is 22.6 Å². The number of halogens is 1. The Morgan fingerprint density at radius 3 is 2.75 bits per heavy atom. The first-order valence-corrected chi connectivity index (χ1v) is 9.04. The van der Waals surface area contributed by atoms with Gasteiger partial charge in [-0.1, -0.05) is 20.8 Å². The van der Waals surface area contributed by atoms with Crippen molar-refractivity contribution in [2.75, 3.05) is 12.3 Å². The third kappa shape index (κ3) is 2.91. The predicted molar refractivity (Wildman–Crippen MR) is 101 cm³/mol. The quantitative estimate of drug-likeness (QED) is 0.659. The molecule has 0 spiro atoms. The van der Waals surface area contributed by atoms with Crippen LogP contribution in [-0.2, 0) is 0 Å². The number of rotatable bonds is 1. The van der Waals surface area contributed by atoms with Crippen LogP contribution in [-0.4, -0.2) is 43.2 Å². The lowest BCUT2D eigenvalue weighted by atomic mass is 9.79. The highest BCUT2D eigenvalue weighted by Gasteiger charge is 2.39. The average Bonchev–Trinajstić information content (AvgIpc) is 2.84. The summed E-state index contributed by atoms with van der Waals surface area (Å²) in [5.74, 6) is 0.485. The summed E-state index contributed by atoms with van der Waals surface area (Å²) in [5, 5.41) is 10.4. The van der Waals surface area contributed by atoms with E-state index in [-0.39, 0.29) is 17.5 Å². The molecule has 2 aromatic rings. The molecule has 7 nitrogen and oxygen atoms in total. The van der Waals surface area contributed by atoms with Crippen molar-refractivity contribution < 1.29 is 9.90 Å². The SMILES string of the molecule is CC(C)(C)C1CC(n2cc(I)c3c(N)ncnc32)CCN1C(=O)O. The van der Waals surface area contributed by atoms with Crippen LogP contribution < -0.4 is 5.73 Å². The highest BCUT2D eigenvalue weighted by molar-refractivity contribution is 14.1. The zero-order chi connectivity index (χ0) is 17.6. The maximum Gasteiger partial charge on any atom is 0.407 e. The number of fused-ring (bicyclic) bond motifs is 1. The Bertz CT molecular complexity index is 783. The topological polar surface area (TPSA) is 97.3 Å². The first-order valence-electron chi connectivity index (χ1n) is 7.96. The van der Waals surface area contributed by atoms with Gasteiger partial charge in [-0.05, 0) is 40.8 Å². The lowest BCUT2D eigenvalue weighted by molar-refractivity contribution is 0.0435. The van der Waals surface area contributed by atoms with E-state index in [0.717, 1.165) is 27.4 Å². The molecule has 3 N–H and O–H groups in total. The van der Waals surface area contributed by atoms with Gasteiger partial charge in [0.25, 0.3) is 0 Å². The third-order valence-electron chi connectivity index (χ3n) is 4.81. The summed E-state index contributed by atoms with van der Waals surface area (Å²) in [4.78, 5) is 21.7. The number of likely N-dealkylation sites (tertiary alicyclic amines) is 1. The largest absolute Gasteiger partial charge is 0.465 e. The third-order valence-corrected chi connectivity index (χ3v) is 5.62. The van der Waals surface area contributed by atoms with E-state index >= 15 is 0 Å². The molecule has 3 heterocycles. The van der Waals surface area contributed by atoms with E-state index in [0.29, 0.717) is 12.4 Å². The molecule has 1 saturated heterocycles. The Morgan fingerprint density at radius 1 is 1.42 bits per heavy atom. The molecule has 0 aliphatic carbocycles. The number of nitrogens with two attached hydrogens (primary N) is 1. The van der Waals surface area contributed by atoms with Gasteiger partial charge in [-0.15, -0.1) is 0 Å². The molecule has 1 amide bonds. The Morgan fingerprint density at radius 2 is 2.12 bits per heavy atom. The lowest BCUT2D eigenvalue weighted by Gasteiger charge is -2.45. The number of anilines is 1. The Labute approximate surface area is 154 Å². The number of carboxylic acid groups (broad SMARTS) is 1. The maximum atomic E-state index is 11.6. The summed E-state index contributed by atoms with van der Waals surface area (Å²) < 4.78 is 3.17. The van der Waals surface area contributed by atoms with Gasteiger partial charge in [0.1, 0.15) is 17.8 Å². The summed E-state index contributed by atoms with van der Waals surface area (Å²) in [6.45, 7) is 6.80. The molecule has 0 aromatic carbocycles. The van der Waals surface area contributed by atoms with E-state index in [1.165, 1.54) is 6.33 Å². The minimum Gasteiger partial charge on any atom is -0.465 e. The molecule has 0 bridgehead atoms. The van der Waals surface area contributed by atoms with E-state index < -0.39 is 6.09 Å².